The van der Waals surface area contributed by atoms with Gasteiger partial charge in [0.1, 0.15) is 17.0 Å². The minimum absolute atomic E-state index is 0.254. The number of carbonyl (C=O) groups is 1. The number of aryl methyl sites for hydroxylation is 1. The fourth-order valence-electron chi connectivity index (χ4n) is 1.83. The summed E-state index contributed by atoms with van der Waals surface area (Å²) in [7, 11) is 1.58. The van der Waals surface area contributed by atoms with Gasteiger partial charge in [-0.1, -0.05) is 35.0 Å². The third-order valence-corrected chi connectivity index (χ3v) is 3.14. The maximum absolute atomic E-state index is 12.2. The Labute approximate surface area is 121 Å². The molecule has 0 aliphatic heterocycles. The second-order valence-electron chi connectivity index (χ2n) is 4.19. The second-order valence-corrected chi connectivity index (χ2v) is 4.60. The Morgan fingerprint density at radius 2 is 2.20 bits per heavy atom. The Hall–Kier alpha value is -1.85. The fraction of sp³-hybridized carbons (Fsp3) is 0.286. The van der Waals surface area contributed by atoms with E-state index in [1.54, 1.807) is 26.2 Å². The van der Waals surface area contributed by atoms with E-state index in [0.717, 1.165) is 0 Å². The third-order valence-electron chi connectivity index (χ3n) is 2.81. The first kappa shape index (κ1) is 14.6. The van der Waals surface area contributed by atoms with Gasteiger partial charge in [-0.25, -0.2) is 0 Å². The molecule has 1 aromatic carbocycles. The maximum Gasteiger partial charge on any atom is 0.257 e. The van der Waals surface area contributed by atoms with Crippen LogP contribution in [0, 0.1) is 6.92 Å². The van der Waals surface area contributed by atoms with Crippen molar-refractivity contribution < 1.29 is 14.1 Å². The van der Waals surface area contributed by atoms with E-state index in [4.69, 9.17) is 20.9 Å². The Bertz CT molecular complexity index is 610. The first-order valence-corrected chi connectivity index (χ1v) is 6.51. The zero-order valence-corrected chi connectivity index (χ0v) is 12.0. The molecule has 0 bridgehead atoms. The number of methoxy groups -OCH3 is 1. The summed E-state index contributed by atoms with van der Waals surface area (Å²) in [5.74, 6) is 0.200. The van der Waals surface area contributed by atoms with Crippen molar-refractivity contribution in [3.8, 4) is 11.3 Å². The van der Waals surface area contributed by atoms with Gasteiger partial charge >= 0.3 is 0 Å². The molecule has 0 aliphatic rings. The van der Waals surface area contributed by atoms with Gasteiger partial charge in [-0.15, -0.1) is 0 Å². The van der Waals surface area contributed by atoms with Gasteiger partial charge in [0.2, 0.25) is 0 Å². The van der Waals surface area contributed by atoms with Gasteiger partial charge in [-0.3, -0.25) is 4.79 Å². The van der Waals surface area contributed by atoms with E-state index < -0.39 is 0 Å². The smallest absolute Gasteiger partial charge is 0.257 e. The number of ether oxygens (including phenoxy) is 1. The van der Waals surface area contributed by atoms with E-state index >= 15 is 0 Å². The van der Waals surface area contributed by atoms with Crippen molar-refractivity contribution in [3.05, 3.63) is 40.6 Å². The van der Waals surface area contributed by atoms with Gasteiger partial charge < -0.3 is 14.6 Å². The highest BCUT2D eigenvalue weighted by atomic mass is 35.5. The quantitative estimate of drug-likeness (QED) is 0.861. The summed E-state index contributed by atoms with van der Waals surface area (Å²) in [5.41, 5.74) is 1.51. The lowest BCUT2D eigenvalue weighted by molar-refractivity contribution is 0.0936. The molecule has 0 fully saturated rings. The largest absolute Gasteiger partial charge is 0.383 e. The van der Waals surface area contributed by atoms with E-state index in [1.165, 1.54) is 0 Å². The number of hydrogen-bond acceptors (Lipinski definition) is 4. The molecule has 2 aromatic rings. The van der Waals surface area contributed by atoms with Crippen LogP contribution in [-0.2, 0) is 4.74 Å². The summed E-state index contributed by atoms with van der Waals surface area (Å²) in [6, 6.07) is 7.19. The predicted molar refractivity (Wildman–Crippen MR) is 75.9 cm³/mol. The topological polar surface area (TPSA) is 64.4 Å². The van der Waals surface area contributed by atoms with Crippen LogP contribution in [0.5, 0.6) is 0 Å². The van der Waals surface area contributed by atoms with Crippen molar-refractivity contribution in [3.63, 3.8) is 0 Å². The van der Waals surface area contributed by atoms with Crippen LogP contribution in [-0.4, -0.2) is 31.3 Å². The van der Waals surface area contributed by atoms with Crippen LogP contribution in [0.25, 0.3) is 11.3 Å². The zero-order chi connectivity index (χ0) is 14.5. The number of aromatic nitrogens is 1. The van der Waals surface area contributed by atoms with Crippen molar-refractivity contribution in [2.45, 2.75) is 6.92 Å². The molecule has 5 nitrogen and oxygen atoms in total. The van der Waals surface area contributed by atoms with Crippen molar-refractivity contribution in [2.24, 2.45) is 0 Å². The number of rotatable bonds is 5. The summed E-state index contributed by atoms with van der Waals surface area (Å²) in [4.78, 5) is 12.2. The van der Waals surface area contributed by atoms with Crippen LogP contribution in [0.4, 0.5) is 0 Å². The lowest BCUT2D eigenvalue weighted by Crippen LogP contribution is -2.27. The molecule has 0 saturated heterocycles. The molecule has 1 N–H and O–H groups in total. The van der Waals surface area contributed by atoms with E-state index in [9.17, 15) is 4.79 Å². The summed E-state index contributed by atoms with van der Waals surface area (Å²) < 4.78 is 10.0. The van der Waals surface area contributed by atoms with Crippen LogP contribution in [0.3, 0.4) is 0 Å². The predicted octanol–water partition coefficient (Wildman–Crippen LogP) is 2.68. The summed E-state index contributed by atoms with van der Waals surface area (Å²) in [5, 5.41) is 7.21. The highest BCUT2D eigenvalue weighted by Crippen LogP contribution is 2.30. The molecule has 2 rings (SSSR count). The number of amides is 1. The molecule has 0 radical (unpaired) electrons. The van der Waals surface area contributed by atoms with Crippen LogP contribution in [0.2, 0.25) is 5.02 Å². The number of hydrogen-bond donors (Lipinski definition) is 1. The average molecular weight is 295 g/mol. The normalized spacial score (nSPS) is 10.6. The first-order valence-electron chi connectivity index (χ1n) is 6.13. The molecule has 1 heterocycles. The van der Waals surface area contributed by atoms with Crippen molar-refractivity contribution >= 4 is 17.5 Å². The summed E-state index contributed by atoms with van der Waals surface area (Å²) >= 11 is 6.14. The van der Waals surface area contributed by atoms with Gasteiger partial charge in [0.25, 0.3) is 5.91 Å². The molecule has 1 amide bonds. The standard InChI is InChI=1S/C14H15ClN2O3/c1-9-12(14(18)16-7-8-19-2)13(17-20-9)10-5-3-4-6-11(10)15/h3-6H,7-8H2,1-2H3,(H,16,18). The molecule has 1 aromatic heterocycles. The van der Waals surface area contributed by atoms with Gasteiger partial charge in [0.05, 0.1) is 11.6 Å². The molecular weight excluding hydrogens is 280 g/mol. The summed E-state index contributed by atoms with van der Waals surface area (Å²) in [6.45, 7) is 2.55. The highest BCUT2D eigenvalue weighted by molar-refractivity contribution is 6.33. The highest BCUT2D eigenvalue weighted by Gasteiger charge is 2.22. The van der Waals surface area contributed by atoms with E-state index in [1.807, 2.05) is 12.1 Å². The van der Waals surface area contributed by atoms with Crippen molar-refractivity contribution in [1.29, 1.82) is 0 Å². The molecule has 0 atom stereocenters. The molecule has 0 saturated carbocycles. The lowest BCUT2D eigenvalue weighted by Gasteiger charge is -2.06. The molecule has 0 unspecified atom stereocenters. The zero-order valence-electron chi connectivity index (χ0n) is 11.3. The number of benzene rings is 1. The SMILES string of the molecule is COCCNC(=O)c1c(-c2ccccc2Cl)noc1C. The van der Waals surface area contributed by atoms with Crippen molar-refractivity contribution in [2.75, 3.05) is 20.3 Å². The monoisotopic (exact) mass is 294 g/mol. The molecule has 0 spiro atoms. The van der Waals surface area contributed by atoms with Crippen LogP contribution in [0.15, 0.2) is 28.8 Å². The van der Waals surface area contributed by atoms with Gasteiger partial charge in [0.15, 0.2) is 0 Å². The molecule has 20 heavy (non-hydrogen) atoms. The van der Waals surface area contributed by atoms with Crippen molar-refractivity contribution in [1.82, 2.24) is 10.5 Å². The maximum atomic E-state index is 12.2. The Balaban J connectivity index is 2.33. The van der Waals surface area contributed by atoms with Gasteiger partial charge in [-0.2, -0.15) is 0 Å². The Morgan fingerprint density at radius 1 is 1.45 bits per heavy atom. The van der Waals surface area contributed by atoms with E-state index in [-0.39, 0.29) is 5.91 Å². The van der Waals surface area contributed by atoms with Gasteiger partial charge in [0, 0.05) is 19.2 Å². The van der Waals surface area contributed by atoms with Crippen LogP contribution >= 0.6 is 11.6 Å². The first-order chi connectivity index (χ1) is 9.65. The van der Waals surface area contributed by atoms with E-state index in [0.29, 0.717) is 40.8 Å². The average Bonchev–Trinajstić information content (AvgIpc) is 2.81. The number of nitrogens with one attached hydrogen (secondary N) is 1. The minimum atomic E-state index is -0.254. The van der Waals surface area contributed by atoms with Crippen LogP contribution in [0.1, 0.15) is 16.1 Å². The second kappa shape index (κ2) is 6.54. The lowest BCUT2D eigenvalue weighted by atomic mass is 10.1. The van der Waals surface area contributed by atoms with Crippen LogP contribution < -0.4 is 5.32 Å². The third kappa shape index (κ3) is 3.00. The Morgan fingerprint density at radius 3 is 2.90 bits per heavy atom. The fourth-order valence-corrected chi connectivity index (χ4v) is 2.06. The molecule has 6 heteroatoms. The molecule has 106 valence electrons. The minimum Gasteiger partial charge on any atom is -0.383 e. The number of halogens is 1. The Kier molecular flexibility index (Phi) is 4.76. The molecule has 0 aliphatic carbocycles. The number of carbonyl (C=O) groups excluding carboxylic acids is 1. The molecular formula is C14H15ClN2O3. The number of nitrogens with zero attached hydrogens (tertiary/aromatic N) is 1. The van der Waals surface area contributed by atoms with Gasteiger partial charge in [-0.05, 0) is 13.0 Å². The van der Waals surface area contributed by atoms with E-state index in [2.05, 4.69) is 10.5 Å². The summed E-state index contributed by atoms with van der Waals surface area (Å²) in [6.07, 6.45) is 0.